The van der Waals surface area contributed by atoms with Gasteiger partial charge in [0.25, 0.3) is 5.91 Å². The van der Waals surface area contributed by atoms with E-state index in [2.05, 4.69) is 52.5 Å². The monoisotopic (exact) mass is 875 g/mol. The number of rotatable bonds is 14. The van der Waals surface area contributed by atoms with Gasteiger partial charge in [-0.2, -0.15) is 0 Å². The minimum absolute atomic E-state index is 0.0994. The van der Waals surface area contributed by atoms with E-state index >= 15 is 0 Å². The van der Waals surface area contributed by atoms with E-state index in [1.165, 1.54) is 0 Å². The molecule has 5 aromatic rings. The first-order chi connectivity index (χ1) is 31.4. The maximum atomic E-state index is 13.2. The zero-order valence-corrected chi connectivity index (χ0v) is 36.7. The lowest BCUT2D eigenvalue weighted by atomic mass is 9.78. The summed E-state index contributed by atoms with van der Waals surface area (Å²) in [5.74, 6) is 5.64. The molecule has 4 amide bonds. The Balaban J connectivity index is 0.717. The molecule has 0 radical (unpaired) electrons. The number of hydrogen-bond acceptors (Lipinski definition) is 12. The Labute approximate surface area is 378 Å². The number of aryl methyl sites for hydroxylation is 1. The predicted octanol–water partition coefficient (Wildman–Crippen LogP) is 5.73. The summed E-state index contributed by atoms with van der Waals surface area (Å²) in [6, 6.07) is 26.1. The third-order valence-electron chi connectivity index (χ3n) is 12.3. The van der Waals surface area contributed by atoms with Gasteiger partial charge < -0.3 is 30.3 Å². The van der Waals surface area contributed by atoms with Gasteiger partial charge in [-0.15, -0.1) is 0 Å². The largest absolute Gasteiger partial charge is 0.481 e. The number of ether oxygens (including phenoxy) is 1. The first-order valence-electron chi connectivity index (χ1n) is 22.0. The number of amides is 4. The van der Waals surface area contributed by atoms with E-state index in [1.807, 2.05) is 67.6 Å². The average Bonchev–Trinajstić information content (AvgIpc) is 3.64. The normalized spacial score (nSPS) is 18.7. The molecule has 0 aliphatic carbocycles. The lowest BCUT2D eigenvalue weighted by Gasteiger charge is -2.35. The molecule has 334 valence electrons. The number of benzene rings is 3. The number of aliphatic hydroxyl groups is 1. The summed E-state index contributed by atoms with van der Waals surface area (Å²) >= 11 is 0. The number of carbonyl (C=O) groups is 4. The zero-order valence-electron chi connectivity index (χ0n) is 36.7. The topological polar surface area (TPSA) is 182 Å². The molecule has 4 N–H and O–H groups in total. The number of imide groups is 1. The summed E-state index contributed by atoms with van der Waals surface area (Å²) in [6.45, 7) is 9.59. The van der Waals surface area contributed by atoms with Gasteiger partial charge in [-0.1, -0.05) is 24.0 Å². The molecule has 3 saturated heterocycles. The van der Waals surface area contributed by atoms with Gasteiger partial charge in [0.15, 0.2) is 0 Å². The molecule has 5 heterocycles. The maximum absolute atomic E-state index is 13.2. The van der Waals surface area contributed by atoms with Gasteiger partial charge in [-0.05, 0) is 130 Å². The van der Waals surface area contributed by atoms with Gasteiger partial charge in [0, 0.05) is 92.5 Å². The predicted molar refractivity (Wildman–Crippen MR) is 247 cm³/mol. The van der Waals surface area contributed by atoms with Crippen LogP contribution < -0.4 is 25.6 Å². The van der Waals surface area contributed by atoms with E-state index in [0.29, 0.717) is 48.0 Å². The van der Waals surface area contributed by atoms with Crippen LogP contribution in [0, 0.1) is 24.2 Å². The van der Waals surface area contributed by atoms with Gasteiger partial charge in [-0.25, -0.2) is 9.97 Å². The summed E-state index contributed by atoms with van der Waals surface area (Å²) in [5.41, 5.74) is 4.21. The van der Waals surface area contributed by atoms with Crippen molar-refractivity contribution in [3.63, 3.8) is 0 Å². The van der Waals surface area contributed by atoms with E-state index in [9.17, 15) is 24.3 Å². The van der Waals surface area contributed by atoms with Crippen LogP contribution in [0.15, 0.2) is 104 Å². The first kappa shape index (κ1) is 44.6. The smallest absolute Gasteiger partial charge is 0.255 e. The average molecular weight is 876 g/mol. The van der Waals surface area contributed by atoms with Crippen molar-refractivity contribution in [3.8, 4) is 28.8 Å². The van der Waals surface area contributed by atoms with Crippen LogP contribution in [0.2, 0.25) is 0 Å². The Kier molecular flexibility index (Phi) is 13.6. The molecule has 3 aliphatic heterocycles. The number of anilines is 4. The van der Waals surface area contributed by atoms with Crippen LogP contribution in [-0.2, 0) is 20.9 Å². The van der Waals surface area contributed by atoms with Crippen molar-refractivity contribution in [1.29, 1.82) is 0 Å². The fourth-order valence-corrected chi connectivity index (χ4v) is 8.48. The molecule has 3 aliphatic rings. The number of nitrogens with zero attached hydrogens (tertiary/aromatic N) is 6. The van der Waals surface area contributed by atoms with Gasteiger partial charge >= 0.3 is 0 Å². The van der Waals surface area contributed by atoms with Gasteiger partial charge in [0.1, 0.15) is 23.4 Å². The molecular formula is C50H53N9O6. The zero-order chi connectivity index (χ0) is 45.4. The molecule has 2 aromatic heterocycles. The SMILES string of the molecule is Cc1cc(NC(=O)c2ccc(CN3CCN(CCCC(C)(O)C#CCOc4ccc(N5CC[C@@]6(CCC(=O)NC6=O)C5=O)cc4)CC3)cc2)ccc1Nc1nccc(-c2cccnc2)n1. The highest BCUT2D eigenvalue weighted by atomic mass is 16.5. The van der Waals surface area contributed by atoms with Crippen molar-refractivity contribution < 1.29 is 29.0 Å². The van der Waals surface area contributed by atoms with Crippen LogP contribution in [0.25, 0.3) is 11.3 Å². The highest BCUT2D eigenvalue weighted by molar-refractivity contribution is 6.18. The molecule has 1 spiro atoms. The van der Waals surface area contributed by atoms with Crippen molar-refractivity contribution in [2.45, 2.75) is 58.1 Å². The molecule has 3 fully saturated rings. The number of piperazine rings is 1. The standard InChI is InChI=1S/C50H53N9O6/c1-35-32-39(11-16-42(35)54-48-52-24-18-43(55-48)38-6-3-23-51-33-38)53-45(61)37-9-7-36(8-10-37)34-58-29-27-57(28-30-58)25-4-19-49(2,64)20-5-31-65-41-14-12-40(13-15-41)59-26-22-50(47(59)63)21-17-44(60)56-46(50)62/h3,6-16,18,23-24,32-33,64H,4,17,19,21-22,25-31,34H2,1-2H3,(H,53,61)(H,52,54,55)(H,56,60,62)/t49?,50-/m1/s1. The Morgan fingerprint density at radius 3 is 2.46 bits per heavy atom. The second-order valence-corrected chi connectivity index (χ2v) is 17.1. The van der Waals surface area contributed by atoms with E-state index in [0.717, 1.165) is 73.8 Å². The van der Waals surface area contributed by atoms with Crippen molar-refractivity contribution in [2.24, 2.45) is 5.41 Å². The van der Waals surface area contributed by atoms with Crippen LogP contribution in [0.4, 0.5) is 23.0 Å². The summed E-state index contributed by atoms with van der Waals surface area (Å²) < 4.78 is 5.78. The molecule has 0 bridgehead atoms. The molecule has 15 nitrogen and oxygen atoms in total. The number of pyridine rings is 1. The van der Waals surface area contributed by atoms with Crippen molar-refractivity contribution in [2.75, 3.05) is 61.4 Å². The number of piperidine rings is 1. The summed E-state index contributed by atoms with van der Waals surface area (Å²) in [5, 5.41) is 19.5. The third-order valence-corrected chi connectivity index (χ3v) is 12.3. The number of nitrogens with one attached hydrogen (secondary N) is 3. The molecule has 2 atom stereocenters. The first-order valence-corrected chi connectivity index (χ1v) is 22.0. The minimum Gasteiger partial charge on any atom is -0.481 e. The number of carbonyl (C=O) groups excluding carboxylic acids is 4. The molecule has 0 saturated carbocycles. The van der Waals surface area contributed by atoms with Crippen LogP contribution in [0.5, 0.6) is 5.75 Å². The minimum atomic E-state index is -1.17. The molecule has 1 unspecified atom stereocenters. The molecule has 8 rings (SSSR count). The van der Waals surface area contributed by atoms with Crippen LogP contribution in [0.1, 0.15) is 60.5 Å². The highest BCUT2D eigenvalue weighted by Gasteiger charge is 2.55. The quantitative estimate of drug-likeness (QED) is 0.0605. The second kappa shape index (κ2) is 19.8. The maximum Gasteiger partial charge on any atom is 0.255 e. The van der Waals surface area contributed by atoms with Crippen molar-refractivity contribution in [3.05, 3.63) is 120 Å². The molecular weight excluding hydrogens is 823 g/mol. The summed E-state index contributed by atoms with van der Waals surface area (Å²) in [6.07, 6.45) is 7.30. The summed E-state index contributed by atoms with van der Waals surface area (Å²) in [7, 11) is 0. The molecule has 15 heteroatoms. The molecule has 3 aromatic carbocycles. The number of aromatic nitrogens is 3. The lowest BCUT2D eigenvalue weighted by molar-refractivity contribution is -0.146. The Morgan fingerprint density at radius 1 is 0.938 bits per heavy atom. The van der Waals surface area contributed by atoms with Gasteiger partial charge in [-0.3, -0.25) is 34.4 Å². The fraction of sp³-hybridized carbons (Fsp3) is 0.340. The highest BCUT2D eigenvalue weighted by Crippen LogP contribution is 2.41. The molecule has 65 heavy (non-hydrogen) atoms. The summed E-state index contributed by atoms with van der Waals surface area (Å²) in [4.78, 5) is 70.1. The van der Waals surface area contributed by atoms with Crippen LogP contribution >= 0.6 is 0 Å². The van der Waals surface area contributed by atoms with Gasteiger partial charge in [0.2, 0.25) is 23.7 Å². The second-order valence-electron chi connectivity index (χ2n) is 17.1. The van der Waals surface area contributed by atoms with Crippen molar-refractivity contribution in [1.82, 2.24) is 30.1 Å². The Bertz CT molecular complexity index is 2590. The Hall–Kier alpha value is -6.99. The lowest BCUT2D eigenvalue weighted by Crippen LogP contribution is -2.52. The fourth-order valence-electron chi connectivity index (χ4n) is 8.48. The van der Waals surface area contributed by atoms with E-state index in [1.54, 1.807) is 54.7 Å². The van der Waals surface area contributed by atoms with Crippen LogP contribution in [0.3, 0.4) is 0 Å². The van der Waals surface area contributed by atoms with Crippen LogP contribution in [-0.4, -0.2) is 105 Å². The number of hydrogen-bond donors (Lipinski definition) is 4. The van der Waals surface area contributed by atoms with E-state index in [-0.39, 0.29) is 37.2 Å². The van der Waals surface area contributed by atoms with E-state index in [4.69, 9.17) is 4.74 Å². The van der Waals surface area contributed by atoms with E-state index < -0.39 is 16.9 Å². The third kappa shape index (κ3) is 11.0. The van der Waals surface area contributed by atoms with Gasteiger partial charge in [0.05, 0.1) is 5.69 Å². The Morgan fingerprint density at radius 2 is 1.72 bits per heavy atom. The van der Waals surface area contributed by atoms with Crippen molar-refractivity contribution >= 4 is 46.6 Å².